The molecule has 4 nitrogen and oxygen atoms in total. The van der Waals surface area contributed by atoms with Crippen LogP contribution in [0.4, 0.5) is 5.82 Å². The van der Waals surface area contributed by atoms with E-state index in [9.17, 15) is 4.79 Å². The Labute approximate surface area is 101 Å². The number of carboxylic acids is 1. The van der Waals surface area contributed by atoms with E-state index in [0.717, 1.165) is 18.8 Å². The molecule has 0 radical (unpaired) electrons. The monoisotopic (exact) mass is 234 g/mol. The predicted octanol–water partition coefficient (Wildman–Crippen LogP) is 2.77. The Kier molecular flexibility index (Phi) is 3.61. The van der Waals surface area contributed by atoms with E-state index in [0.29, 0.717) is 11.9 Å². The van der Waals surface area contributed by atoms with E-state index in [1.807, 2.05) is 0 Å². The Morgan fingerprint density at radius 3 is 3.00 bits per heavy atom. The van der Waals surface area contributed by atoms with Gasteiger partial charge in [0.05, 0.1) is 5.56 Å². The quantitative estimate of drug-likeness (QED) is 0.794. The number of rotatable bonds is 6. The van der Waals surface area contributed by atoms with Crippen molar-refractivity contribution in [1.82, 2.24) is 4.98 Å². The summed E-state index contributed by atoms with van der Waals surface area (Å²) in [7, 11) is 0. The van der Waals surface area contributed by atoms with Crippen molar-refractivity contribution in [2.45, 2.75) is 38.6 Å². The number of nitrogens with zero attached hydrogens (tertiary/aromatic N) is 1. The van der Waals surface area contributed by atoms with Crippen molar-refractivity contribution in [3.63, 3.8) is 0 Å². The van der Waals surface area contributed by atoms with Crippen molar-refractivity contribution >= 4 is 11.8 Å². The van der Waals surface area contributed by atoms with Crippen LogP contribution in [0.1, 0.15) is 43.0 Å². The summed E-state index contributed by atoms with van der Waals surface area (Å²) in [5.74, 6) is 0.609. The van der Waals surface area contributed by atoms with Crippen LogP contribution in [0.5, 0.6) is 0 Å². The Hall–Kier alpha value is -1.58. The van der Waals surface area contributed by atoms with Crippen LogP contribution in [0.25, 0.3) is 0 Å². The second-order valence-corrected chi connectivity index (χ2v) is 4.66. The molecular formula is C13H18N2O2. The summed E-state index contributed by atoms with van der Waals surface area (Å²) in [6, 6.07) is 3.51. The average molecular weight is 234 g/mol. The van der Waals surface area contributed by atoms with E-state index < -0.39 is 5.97 Å². The number of aromatic carboxylic acids is 1. The van der Waals surface area contributed by atoms with Crippen LogP contribution >= 0.6 is 0 Å². The number of nitrogens with one attached hydrogen (secondary N) is 1. The highest BCUT2D eigenvalue weighted by molar-refractivity contribution is 5.88. The fraction of sp³-hybridized carbons (Fsp3) is 0.538. The number of carboxylic acid groups (broad SMARTS) is 1. The highest BCUT2D eigenvalue weighted by Crippen LogP contribution is 2.34. The predicted molar refractivity (Wildman–Crippen MR) is 66.2 cm³/mol. The lowest BCUT2D eigenvalue weighted by atomic mass is 10.1. The summed E-state index contributed by atoms with van der Waals surface area (Å²) in [6.07, 6.45) is 6.40. The summed E-state index contributed by atoms with van der Waals surface area (Å²) in [5.41, 5.74) is 0.281. The van der Waals surface area contributed by atoms with E-state index >= 15 is 0 Å². The van der Waals surface area contributed by atoms with Crippen LogP contribution < -0.4 is 5.32 Å². The first-order chi connectivity index (χ1) is 8.19. The third kappa shape index (κ3) is 3.44. The number of hydrogen-bond acceptors (Lipinski definition) is 3. The summed E-state index contributed by atoms with van der Waals surface area (Å²) in [5, 5.41) is 12.2. The van der Waals surface area contributed by atoms with E-state index in [-0.39, 0.29) is 5.56 Å². The number of hydrogen-bond donors (Lipinski definition) is 2. The molecule has 92 valence electrons. The second kappa shape index (κ2) is 5.17. The fourth-order valence-electron chi connectivity index (χ4n) is 1.94. The fourth-order valence-corrected chi connectivity index (χ4v) is 1.94. The minimum absolute atomic E-state index is 0.281. The molecule has 2 N–H and O–H groups in total. The molecule has 1 aromatic heterocycles. The van der Waals surface area contributed by atoms with Crippen LogP contribution in [0.3, 0.4) is 0 Å². The average Bonchev–Trinajstić information content (AvgIpc) is 3.12. The summed E-state index contributed by atoms with van der Waals surface area (Å²) >= 11 is 0. The smallest absolute Gasteiger partial charge is 0.335 e. The molecule has 0 saturated heterocycles. The highest BCUT2D eigenvalue weighted by Gasteiger charge is 2.24. The largest absolute Gasteiger partial charge is 0.478 e. The number of anilines is 1. The van der Waals surface area contributed by atoms with Crippen LogP contribution in [-0.4, -0.2) is 22.1 Å². The Balaban J connectivity index is 2.00. The van der Waals surface area contributed by atoms with Crippen LogP contribution in [0.15, 0.2) is 18.3 Å². The topological polar surface area (TPSA) is 62.2 Å². The van der Waals surface area contributed by atoms with Crippen LogP contribution in [-0.2, 0) is 0 Å². The summed E-state index contributed by atoms with van der Waals surface area (Å²) in [4.78, 5) is 15.0. The maximum absolute atomic E-state index is 10.8. The first kappa shape index (κ1) is 11.9. The molecule has 1 aromatic rings. The third-order valence-corrected chi connectivity index (χ3v) is 3.17. The molecule has 1 atom stereocenters. The summed E-state index contributed by atoms with van der Waals surface area (Å²) < 4.78 is 0. The van der Waals surface area contributed by atoms with Crippen LogP contribution in [0, 0.1) is 5.92 Å². The lowest BCUT2D eigenvalue weighted by molar-refractivity contribution is 0.0697. The lowest BCUT2D eigenvalue weighted by Gasteiger charge is -2.17. The molecule has 0 bridgehead atoms. The van der Waals surface area contributed by atoms with Gasteiger partial charge < -0.3 is 10.4 Å². The molecule has 1 heterocycles. The number of aromatic nitrogens is 1. The Morgan fingerprint density at radius 1 is 1.65 bits per heavy atom. The Bertz CT molecular complexity index is 402. The van der Waals surface area contributed by atoms with Gasteiger partial charge in [-0.3, -0.25) is 0 Å². The lowest BCUT2D eigenvalue weighted by Crippen LogP contribution is -2.20. The zero-order chi connectivity index (χ0) is 12.3. The minimum Gasteiger partial charge on any atom is -0.478 e. The third-order valence-electron chi connectivity index (χ3n) is 3.17. The van der Waals surface area contributed by atoms with Gasteiger partial charge in [-0.2, -0.15) is 0 Å². The van der Waals surface area contributed by atoms with Gasteiger partial charge in [0.15, 0.2) is 0 Å². The van der Waals surface area contributed by atoms with Gasteiger partial charge in [-0.15, -0.1) is 0 Å². The van der Waals surface area contributed by atoms with Gasteiger partial charge in [0.1, 0.15) is 5.82 Å². The van der Waals surface area contributed by atoms with Crippen LogP contribution in [0.2, 0.25) is 0 Å². The van der Waals surface area contributed by atoms with Gasteiger partial charge in [0.2, 0.25) is 0 Å². The highest BCUT2D eigenvalue weighted by atomic mass is 16.4. The van der Waals surface area contributed by atoms with Gasteiger partial charge in [-0.05, 0) is 30.9 Å². The second-order valence-electron chi connectivity index (χ2n) is 4.66. The van der Waals surface area contributed by atoms with E-state index in [1.165, 1.54) is 25.1 Å². The standard InChI is InChI=1S/C13H18N2O2/c1-2-11(7-9-3-4-9)15-12-8-10(13(16)17)5-6-14-12/h5-6,8-9,11H,2-4,7H2,1H3,(H,14,15)(H,16,17). The maximum Gasteiger partial charge on any atom is 0.335 e. The first-order valence-corrected chi connectivity index (χ1v) is 6.15. The molecule has 0 amide bonds. The van der Waals surface area contributed by atoms with Gasteiger partial charge >= 0.3 is 5.97 Å². The van der Waals surface area contributed by atoms with Crippen molar-refractivity contribution in [2.75, 3.05) is 5.32 Å². The zero-order valence-electron chi connectivity index (χ0n) is 10.0. The van der Waals surface area contributed by atoms with Crippen molar-refractivity contribution in [2.24, 2.45) is 5.92 Å². The summed E-state index contributed by atoms with van der Waals surface area (Å²) in [6.45, 7) is 2.14. The Morgan fingerprint density at radius 2 is 2.41 bits per heavy atom. The van der Waals surface area contributed by atoms with Gasteiger partial charge in [0, 0.05) is 12.2 Å². The normalized spacial score (nSPS) is 16.5. The molecular weight excluding hydrogens is 216 g/mol. The van der Waals surface area contributed by atoms with Gasteiger partial charge in [0.25, 0.3) is 0 Å². The molecule has 0 aromatic carbocycles. The molecule has 1 unspecified atom stereocenters. The molecule has 1 fully saturated rings. The number of carbonyl (C=O) groups is 1. The SMILES string of the molecule is CCC(CC1CC1)Nc1cc(C(=O)O)ccn1. The first-order valence-electron chi connectivity index (χ1n) is 6.15. The van der Waals surface area contributed by atoms with Crippen molar-refractivity contribution < 1.29 is 9.90 Å². The van der Waals surface area contributed by atoms with Crippen molar-refractivity contribution in [3.05, 3.63) is 23.9 Å². The van der Waals surface area contributed by atoms with E-state index in [2.05, 4.69) is 17.2 Å². The molecule has 17 heavy (non-hydrogen) atoms. The molecule has 4 heteroatoms. The van der Waals surface area contributed by atoms with E-state index in [4.69, 9.17) is 5.11 Å². The molecule has 1 saturated carbocycles. The van der Waals surface area contributed by atoms with Crippen molar-refractivity contribution in [3.8, 4) is 0 Å². The van der Waals surface area contributed by atoms with Gasteiger partial charge in [-0.1, -0.05) is 19.8 Å². The van der Waals surface area contributed by atoms with E-state index in [1.54, 1.807) is 6.07 Å². The molecule has 0 aliphatic heterocycles. The molecule has 1 aliphatic carbocycles. The minimum atomic E-state index is -0.911. The maximum atomic E-state index is 10.8. The molecule has 1 aliphatic rings. The number of pyridine rings is 1. The zero-order valence-corrected chi connectivity index (χ0v) is 10.0. The van der Waals surface area contributed by atoms with Crippen molar-refractivity contribution in [1.29, 1.82) is 0 Å². The van der Waals surface area contributed by atoms with Gasteiger partial charge in [-0.25, -0.2) is 9.78 Å². The molecule has 0 spiro atoms. The molecule has 2 rings (SSSR count).